The molecule has 0 heterocycles. The normalized spacial score (nSPS) is 12.9. The Balaban J connectivity index is 4.27. The van der Waals surface area contributed by atoms with Crippen LogP contribution in [0.5, 0.6) is 0 Å². The van der Waals surface area contributed by atoms with E-state index in [2.05, 4.69) is 45.9 Å². The fourth-order valence-corrected chi connectivity index (χ4v) is 2.95. The van der Waals surface area contributed by atoms with Crippen LogP contribution in [0.15, 0.2) is 46.6 Å². The Morgan fingerprint density at radius 1 is 0.821 bits per heavy atom. The Kier molecular flexibility index (Phi) is 15.4. The first-order valence-corrected chi connectivity index (χ1v) is 10.8. The van der Waals surface area contributed by atoms with E-state index in [0.29, 0.717) is 19.5 Å². The number of aliphatic hydroxyl groups is 1. The molecule has 0 unspecified atom stereocenters. The number of hydrogen-bond acceptors (Lipinski definition) is 2. The highest BCUT2D eigenvalue weighted by atomic mass is 16.3. The monoisotopic (exact) mass is 389 g/mol. The lowest BCUT2D eigenvalue weighted by molar-refractivity contribution is -0.126. The minimum absolute atomic E-state index is 0.0582. The fraction of sp³-hybridized carbons (Fsp3) is 0.640. The summed E-state index contributed by atoms with van der Waals surface area (Å²) in [5, 5.41) is 8.93. The topological polar surface area (TPSA) is 40.5 Å². The van der Waals surface area contributed by atoms with Crippen LogP contribution in [-0.2, 0) is 4.79 Å². The smallest absolute Gasteiger partial charge is 0.246 e. The van der Waals surface area contributed by atoms with Gasteiger partial charge in [0.2, 0.25) is 5.91 Å². The summed E-state index contributed by atoms with van der Waals surface area (Å²) in [7, 11) is 0. The van der Waals surface area contributed by atoms with Gasteiger partial charge < -0.3 is 10.0 Å². The summed E-state index contributed by atoms with van der Waals surface area (Å²) in [6, 6.07) is 0. The maximum Gasteiger partial charge on any atom is 0.246 e. The summed E-state index contributed by atoms with van der Waals surface area (Å²) < 4.78 is 0. The highest BCUT2D eigenvalue weighted by Crippen LogP contribution is 2.13. The first-order valence-electron chi connectivity index (χ1n) is 10.8. The molecule has 0 saturated carbocycles. The van der Waals surface area contributed by atoms with Crippen molar-refractivity contribution < 1.29 is 9.90 Å². The zero-order valence-corrected chi connectivity index (χ0v) is 19.2. The van der Waals surface area contributed by atoms with Crippen molar-refractivity contribution in [1.82, 2.24) is 4.90 Å². The number of nitrogens with zero attached hydrogens (tertiary/aromatic N) is 1. The minimum atomic E-state index is 0.0582. The first-order chi connectivity index (χ1) is 13.3. The highest BCUT2D eigenvalue weighted by Gasteiger charge is 2.08. The van der Waals surface area contributed by atoms with Crippen molar-refractivity contribution in [2.75, 3.05) is 19.7 Å². The second-order valence-corrected chi connectivity index (χ2v) is 7.98. The van der Waals surface area contributed by atoms with Gasteiger partial charge in [0.1, 0.15) is 0 Å². The Morgan fingerprint density at radius 3 is 1.79 bits per heavy atom. The number of carbonyl (C=O) groups excluding carboxylic acids is 1. The van der Waals surface area contributed by atoms with Gasteiger partial charge in [0, 0.05) is 25.8 Å². The van der Waals surface area contributed by atoms with Crippen molar-refractivity contribution in [3.05, 3.63) is 46.6 Å². The van der Waals surface area contributed by atoms with E-state index in [9.17, 15) is 4.79 Å². The molecule has 1 amide bonds. The molecule has 0 aliphatic carbocycles. The number of amides is 1. The molecule has 28 heavy (non-hydrogen) atoms. The summed E-state index contributed by atoms with van der Waals surface area (Å²) in [6.07, 6.45) is 15.8. The van der Waals surface area contributed by atoms with Gasteiger partial charge in [0.25, 0.3) is 0 Å². The number of aliphatic hydroxyl groups excluding tert-OH is 1. The SMILES string of the molecule is CCN(CCCO)C(=O)C=C(C)CCC=C(C)CCC=C(C)CCC=C(C)C. The summed E-state index contributed by atoms with van der Waals surface area (Å²) >= 11 is 0. The van der Waals surface area contributed by atoms with Crippen molar-refractivity contribution in [2.45, 2.75) is 86.5 Å². The molecule has 0 radical (unpaired) electrons. The van der Waals surface area contributed by atoms with E-state index in [-0.39, 0.29) is 12.5 Å². The van der Waals surface area contributed by atoms with Crippen LogP contribution in [0.1, 0.15) is 86.5 Å². The van der Waals surface area contributed by atoms with Gasteiger partial charge in [-0.15, -0.1) is 0 Å². The van der Waals surface area contributed by atoms with Gasteiger partial charge in [0.05, 0.1) is 0 Å². The van der Waals surface area contributed by atoms with Crippen LogP contribution in [0.3, 0.4) is 0 Å². The maximum atomic E-state index is 12.2. The molecule has 0 fully saturated rings. The van der Waals surface area contributed by atoms with Crippen LogP contribution < -0.4 is 0 Å². The molecule has 0 bridgehead atoms. The Labute approximate surface area is 173 Å². The molecule has 0 spiro atoms. The summed E-state index contributed by atoms with van der Waals surface area (Å²) in [6.45, 7) is 14.2. The standard InChI is InChI=1S/C25H43NO2/c1-7-26(18-11-19-27)25(28)20-24(6)17-10-16-23(5)15-9-14-22(4)13-8-12-21(2)3/h12,14,16,20,27H,7-11,13,15,17-19H2,1-6H3. The van der Waals surface area contributed by atoms with Crippen LogP contribution in [0.2, 0.25) is 0 Å². The molecule has 0 aliphatic heterocycles. The molecule has 0 saturated heterocycles. The van der Waals surface area contributed by atoms with Crippen LogP contribution in [0.4, 0.5) is 0 Å². The summed E-state index contributed by atoms with van der Waals surface area (Å²) in [5.74, 6) is 0.0582. The lowest BCUT2D eigenvalue weighted by atomic mass is 10.0. The number of carbonyl (C=O) groups is 1. The van der Waals surface area contributed by atoms with Gasteiger partial charge in [-0.1, -0.05) is 40.5 Å². The number of rotatable bonds is 14. The van der Waals surface area contributed by atoms with E-state index < -0.39 is 0 Å². The van der Waals surface area contributed by atoms with Gasteiger partial charge in [0.15, 0.2) is 0 Å². The molecular formula is C25H43NO2. The van der Waals surface area contributed by atoms with Gasteiger partial charge in [-0.3, -0.25) is 4.79 Å². The molecule has 0 aliphatic rings. The zero-order chi connectivity index (χ0) is 21.4. The third-order valence-electron chi connectivity index (χ3n) is 4.80. The van der Waals surface area contributed by atoms with E-state index in [4.69, 9.17) is 5.11 Å². The van der Waals surface area contributed by atoms with Crippen LogP contribution >= 0.6 is 0 Å². The average molecular weight is 390 g/mol. The fourth-order valence-electron chi connectivity index (χ4n) is 2.95. The molecule has 3 nitrogen and oxygen atoms in total. The van der Waals surface area contributed by atoms with Crippen molar-refractivity contribution in [1.29, 1.82) is 0 Å². The quantitative estimate of drug-likeness (QED) is 0.277. The molecule has 0 atom stereocenters. The predicted molar refractivity (Wildman–Crippen MR) is 122 cm³/mol. The van der Waals surface area contributed by atoms with Gasteiger partial charge in [-0.05, 0) is 86.5 Å². The van der Waals surface area contributed by atoms with E-state index in [1.165, 1.54) is 16.7 Å². The highest BCUT2D eigenvalue weighted by molar-refractivity contribution is 5.88. The van der Waals surface area contributed by atoms with E-state index in [0.717, 1.165) is 44.1 Å². The third kappa shape index (κ3) is 14.4. The Bertz CT molecular complexity index is 563. The molecule has 0 aromatic rings. The van der Waals surface area contributed by atoms with Crippen molar-refractivity contribution >= 4 is 5.91 Å². The van der Waals surface area contributed by atoms with Gasteiger partial charge in [-0.2, -0.15) is 0 Å². The van der Waals surface area contributed by atoms with Crippen molar-refractivity contribution in [2.24, 2.45) is 0 Å². The molecule has 0 rings (SSSR count). The van der Waals surface area contributed by atoms with Crippen LogP contribution in [-0.4, -0.2) is 35.6 Å². The molecule has 3 heteroatoms. The zero-order valence-electron chi connectivity index (χ0n) is 19.2. The largest absolute Gasteiger partial charge is 0.396 e. The lowest BCUT2D eigenvalue weighted by Crippen LogP contribution is -2.30. The molecule has 1 N–H and O–H groups in total. The van der Waals surface area contributed by atoms with Gasteiger partial charge in [-0.25, -0.2) is 0 Å². The van der Waals surface area contributed by atoms with Crippen LogP contribution in [0.25, 0.3) is 0 Å². The van der Waals surface area contributed by atoms with Crippen LogP contribution in [0, 0.1) is 0 Å². The van der Waals surface area contributed by atoms with Gasteiger partial charge >= 0.3 is 0 Å². The van der Waals surface area contributed by atoms with Crippen molar-refractivity contribution in [3.8, 4) is 0 Å². The summed E-state index contributed by atoms with van der Waals surface area (Å²) in [4.78, 5) is 14.0. The minimum Gasteiger partial charge on any atom is -0.396 e. The first kappa shape index (κ1) is 26.4. The van der Waals surface area contributed by atoms with E-state index in [1.807, 2.05) is 13.8 Å². The predicted octanol–water partition coefficient (Wildman–Crippen LogP) is 6.36. The van der Waals surface area contributed by atoms with E-state index >= 15 is 0 Å². The molecular weight excluding hydrogens is 346 g/mol. The average Bonchev–Trinajstić information content (AvgIpc) is 2.62. The number of hydrogen-bond donors (Lipinski definition) is 1. The molecule has 0 aromatic carbocycles. The maximum absolute atomic E-state index is 12.2. The third-order valence-corrected chi connectivity index (χ3v) is 4.80. The lowest BCUT2D eigenvalue weighted by Gasteiger charge is -2.18. The molecule has 160 valence electrons. The Morgan fingerprint density at radius 2 is 1.32 bits per heavy atom. The number of likely N-dealkylation sites (N-methyl/N-ethyl adjacent to an activating group) is 1. The summed E-state index contributed by atoms with van der Waals surface area (Å²) in [5.41, 5.74) is 5.41. The second-order valence-electron chi connectivity index (χ2n) is 7.98. The second kappa shape index (κ2) is 16.4. The van der Waals surface area contributed by atoms with Crippen molar-refractivity contribution in [3.63, 3.8) is 0 Å². The van der Waals surface area contributed by atoms with E-state index in [1.54, 1.807) is 11.0 Å². The molecule has 0 aromatic heterocycles. The number of allylic oxidation sites excluding steroid dienone is 7. The Hall–Kier alpha value is -1.61.